The van der Waals surface area contributed by atoms with Crippen molar-refractivity contribution in [1.82, 2.24) is 9.97 Å². The maximum absolute atomic E-state index is 14.2. The van der Waals surface area contributed by atoms with E-state index in [-0.39, 0.29) is 12.5 Å². The highest BCUT2D eigenvalue weighted by Crippen LogP contribution is 2.30. The monoisotopic (exact) mass is 463 g/mol. The Balaban J connectivity index is 1.60. The third kappa shape index (κ3) is 6.23. The number of benzene rings is 2. The maximum Gasteiger partial charge on any atom is 0.323 e. The van der Waals surface area contributed by atoms with Crippen molar-refractivity contribution < 1.29 is 32.5 Å². The number of anilines is 3. The van der Waals surface area contributed by atoms with Crippen LogP contribution in [-0.2, 0) is 0 Å². The second kappa shape index (κ2) is 11.0. The van der Waals surface area contributed by atoms with Crippen LogP contribution in [0.2, 0.25) is 0 Å². The minimum Gasteiger partial charge on any atom is -0.491 e. The Morgan fingerprint density at radius 2 is 1.85 bits per heavy atom. The van der Waals surface area contributed by atoms with E-state index in [2.05, 4.69) is 30.7 Å². The molecule has 1 aromatic heterocycles. The summed E-state index contributed by atoms with van der Waals surface area (Å²) in [5.41, 5.74) is -0.265. The number of hydrogen-bond acceptors (Lipinski definition) is 7. The molecule has 12 heteroatoms. The van der Waals surface area contributed by atoms with Crippen molar-refractivity contribution in [2.45, 2.75) is 6.42 Å². The van der Waals surface area contributed by atoms with Gasteiger partial charge in [0.15, 0.2) is 17.4 Å². The number of rotatable bonds is 9. The molecule has 0 aliphatic heterocycles. The Morgan fingerprint density at radius 1 is 1.09 bits per heavy atom. The smallest absolute Gasteiger partial charge is 0.323 e. The van der Waals surface area contributed by atoms with Crippen LogP contribution in [0.15, 0.2) is 42.6 Å². The van der Waals surface area contributed by atoms with Gasteiger partial charge in [-0.05, 0) is 30.7 Å². The zero-order valence-corrected chi connectivity index (χ0v) is 17.4. The number of nitrogens with one attached hydrogen (secondary N) is 3. The molecule has 0 radical (unpaired) electrons. The summed E-state index contributed by atoms with van der Waals surface area (Å²) in [7, 11) is 0.977. The fraction of sp³-hybridized carbons (Fsp3) is 0.190. The van der Waals surface area contributed by atoms with E-state index < -0.39 is 34.9 Å². The number of nitrogens with zero attached hydrogens (tertiary/aromatic N) is 2. The highest BCUT2D eigenvalue weighted by molar-refractivity contribution is 6.00. The first kappa shape index (κ1) is 23.6. The largest absolute Gasteiger partial charge is 0.491 e. The topological polar surface area (TPSA) is 118 Å². The second-order valence-corrected chi connectivity index (χ2v) is 6.50. The summed E-state index contributed by atoms with van der Waals surface area (Å²) in [4.78, 5) is 20.4. The van der Waals surface area contributed by atoms with Crippen molar-refractivity contribution in [2.75, 3.05) is 36.2 Å². The van der Waals surface area contributed by atoms with Gasteiger partial charge >= 0.3 is 6.03 Å². The number of aliphatic hydroxyl groups excluding tert-OH is 1. The summed E-state index contributed by atoms with van der Waals surface area (Å²) < 4.78 is 51.4. The van der Waals surface area contributed by atoms with Crippen LogP contribution in [0.4, 0.5) is 35.3 Å². The third-order valence-electron chi connectivity index (χ3n) is 4.15. The Kier molecular flexibility index (Phi) is 7.86. The summed E-state index contributed by atoms with van der Waals surface area (Å²) in [5.74, 6) is -4.02. The van der Waals surface area contributed by atoms with E-state index >= 15 is 0 Å². The number of ether oxygens (including phenoxy) is 2. The molecule has 0 saturated heterocycles. The molecule has 0 fully saturated rings. The van der Waals surface area contributed by atoms with Crippen LogP contribution >= 0.6 is 0 Å². The summed E-state index contributed by atoms with van der Waals surface area (Å²) in [6.45, 7) is 0.551. The molecule has 0 saturated carbocycles. The zero-order valence-electron chi connectivity index (χ0n) is 17.4. The van der Waals surface area contributed by atoms with Crippen LogP contribution in [0, 0.1) is 17.5 Å². The van der Waals surface area contributed by atoms with Gasteiger partial charge in [0, 0.05) is 37.2 Å². The lowest BCUT2D eigenvalue weighted by atomic mass is 10.2. The van der Waals surface area contributed by atoms with Crippen molar-refractivity contribution in [1.29, 1.82) is 0 Å². The number of hydrogen-bond donors (Lipinski definition) is 4. The van der Waals surface area contributed by atoms with Crippen LogP contribution < -0.4 is 25.4 Å². The number of carbonyl (C=O) groups excluding carboxylic acids is 1. The van der Waals surface area contributed by atoms with Crippen LogP contribution in [-0.4, -0.2) is 41.4 Å². The molecule has 1 heterocycles. The summed E-state index contributed by atoms with van der Waals surface area (Å²) in [6, 6.07) is 7.32. The van der Waals surface area contributed by atoms with Gasteiger partial charge in [-0.15, -0.1) is 0 Å². The molecule has 0 bridgehead atoms. The van der Waals surface area contributed by atoms with Gasteiger partial charge in [-0.2, -0.15) is 9.37 Å². The molecule has 2 amide bonds. The number of methoxy groups -OCH3 is 1. The number of aromatic nitrogens is 2. The quantitative estimate of drug-likeness (QED) is 0.278. The minimum absolute atomic E-state index is 0.0471. The standard InChI is InChI=1S/C21H20F3N5O4/c1-32-19-17(23)14(22)11-15(18(19)24)28-21(31)27-12-3-5-13(6-4-12)33-16-7-9-26-20(29-16)25-8-2-10-30/h3-7,9,11,30H,2,8,10H2,1H3,(H,25,26,29)(H2,27,28,31). The molecular formula is C21H20F3N5O4. The van der Waals surface area contributed by atoms with Crippen molar-refractivity contribution in [3.05, 3.63) is 60.0 Å². The fourth-order valence-corrected chi connectivity index (χ4v) is 2.63. The molecule has 0 aliphatic carbocycles. The molecule has 0 aliphatic rings. The molecule has 33 heavy (non-hydrogen) atoms. The van der Waals surface area contributed by atoms with Gasteiger partial charge in [0.25, 0.3) is 0 Å². The Morgan fingerprint density at radius 3 is 2.55 bits per heavy atom. The van der Waals surface area contributed by atoms with Gasteiger partial charge in [0.2, 0.25) is 17.6 Å². The van der Waals surface area contributed by atoms with Gasteiger partial charge in [0.05, 0.1) is 12.8 Å². The van der Waals surface area contributed by atoms with Gasteiger partial charge in [0.1, 0.15) is 5.75 Å². The fourth-order valence-electron chi connectivity index (χ4n) is 2.63. The van der Waals surface area contributed by atoms with Crippen LogP contribution in [0.1, 0.15) is 6.42 Å². The molecule has 9 nitrogen and oxygen atoms in total. The molecule has 3 rings (SSSR count). The highest BCUT2D eigenvalue weighted by Gasteiger charge is 2.20. The Bertz CT molecular complexity index is 1120. The van der Waals surface area contributed by atoms with Crippen LogP contribution in [0.3, 0.4) is 0 Å². The van der Waals surface area contributed by atoms with Gasteiger partial charge in [-0.25, -0.2) is 18.6 Å². The lowest BCUT2D eigenvalue weighted by molar-refractivity contribution is 0.262. The lowest BCUT2D eigenvalue weighted by Crippen LogP contribution is -2.20. The first-order valence-electron chi connectivity index (χ1n) is 9.66. The van der Waals surface area contributed by atoms with E-state index in [1.165, 1.54) is 18.3 Å². The van der Waals surface area contributed by atoms with E-state index in [1.807, 2.05) is 0 Å². The third-order valence-corrected chi connectivity index (χ3v) is 4.15. The molecule has 0 spiro atoms. The van der Waals surface area contributed by atoms with Crippen LogP contribution in [0.5, 0.6) is 17.4 Å². The van der Waals surface area contributed by atoms with Gasteiger partial charge in [-0.3, -0.25) is 0 Å². The summed E-state index contributed by atoms with van der Waals surface area (Å²) in [6.07, 6.45) is 2.06. The van der Waals surface area contributed by atoms with Crippen molar-refractivity contribution in [2.24, 2.45) is 0 Å². The summed E-state index contributed by atoms with van der Waals surface area (Å²) >= 11 is 0. The maximum atomic E-state index is 14.2. The lowest BCUT2D eigenvalue weighted by Gasteiger charge is -2.12. The number of amides is 2. The Labute approximate surface area is 186 Å². The average Bonchev–Trinajstić information content (AvgIpc) is 2.80. The van der Waals surface area contributed by atoms with E-state index in [9.17, 15) is 18.0 Å². The first-order chi connectivity index (χ1) is 15.9. The van der Waals surface area contributed by atoms with E-state index in [4.69, 9.17) is 9.84 Å². The van der Waals surface area contributed by atoms with Gasteiger partial charge in [-0.1, -0.05) is 0 Å². The van der Waals surface area contributed by atoms with Gasteiger partial charge < -0.3 is 30.5 Å². The van der Waals surface area contributed by atoms with E-state index in [1.54, 1.807) is 18.2 Å². The number of halogens is 3. The van der Waals surface area contributed by atoms with Crippen molar-refractivity contribution in [3.63, 3.8) is 0 Å². The van der Waals surface area contributed by atoms with Crippen molar-refractivity contribution in [3.8, 4) is 17.4 Å². The van der Waals surface area contributed by atoms with Crippen LogP contribution in [0.25, 0.3) is 0 Å². The normalized spacial score (nSPS) is 10.5. The van der Waals surface area contributed by atoms with E-state index in [0.717, 1.165) is 7.11 Å². The van der Waals surface area contributed by atoms with E-state index in [0.29, 0.717) is 36.4 Å². The molecule has 2 aromatic carbocycles. The van der Waals surface area contributed by atoms with Crippen molar-refractivity contribution >= 4 is 23.4 Å². The average molecular weight is 463 g/mol. The second-order valence-electron chi connectivity index (χ2n) is 6.50. The summed E-state index contributed by atoms with van der Waals surface area (Å²) in [5, 5.41) is 16.3. The number of carbonyl (C=O) groups is 1. The molecular weight excluding hydrogens is 443 g/mol. The number of aliphatic hydroxyl groups is 1. The predicted octanol–water partition coefficient (Wildman–Crippen LogP) is 4.13. The molecule has 0 unspecified atom stereocenters. The Hall–Kier alpha value is -4.06. The molecule has 4 N–H and O–H groups in total. The zero-order chi connectivity index (χ0) is 23.8. The molecule has 3 aromatic rings. The molecule has 174 valence electrons. The number of urea groups is 1. The highest BCUT2D eigenvalue weighted by atomic mass is 19.2. The SMILES string of the molecule is COc1c(F)c(F)cc(NC(=O)Nc2ccc(Oc3ccnc(NCCCO)n3)cc2)c1F. The predicted molar refractivity (Wildman–Crippen MR) is 114 cm³/mol. The molecule has 0 atom stereocenters. The first-order valence-corrected chi connectivity index (χ1v) is 9.66. The minimum atomic E-state index is -1.49.